The molecule has 5 nitrogen and oxygen atoms in total. The molecule has 6 heteroatoms. The van der Waals surface area contributed by atoms with Gasteiger partial charge in [0, 0.05) is 25.2 Å². The average molecular weight is 355 g/mol. The van der Waals surface area contributed by atoms with Gasteiger partial charge >= 0.3 is 0 Å². The Labute approximate surface area is 133 Å². The minimum atomic E-state index is -0.0498. The van der Waals surface area contributed by atoms with Crippen LogP contribution in [0.2, 0.25) is 0 Å². The molecule has 2 aliphatic rings. The molecule has 1 aromatic rings. The molecule has 0 saturated carbocycles. The van der Waals surface area contributed by atoms with Crippen LogP contribution in [-0.2, 0) is 0 Å². The van der Waals surface area contributed by atoms with Gasteiger partial charge in [0.05, 0.1) is 17.9 Å². The monoisotopic (exact) mass is 354 g/mol. The summed E-state index contributed by atoms with van der Waals surface area (Å²) in [5.41, 5.74) is 0.856. The highest BCUT2D eigenvalue weighted by atomic mass is 79.9. The van der Waals surface area contributed by atoms with Crippen LogP contribution in [0.15, 0.2) is 15.5 Å². The van der Waals surface area contributed by atoms with Crippen LogP contribution >= 0.6 is 15.9 Å². The minimum absolute atomic E-state index is 0.0498. The van der Waals surface area contributed by atoms with Crippen LogP contribution in [0.1, 0.15) is 45.6 Å². The van der Waals surface area contributed by atoms with Gasteiger partial charge in [0.25, 0.3) is 5.56 Å². The van der Waals surface area contributed by atoms with Gasteiger partial charge in [-0.25, -0.2) is 4.68 Å². The summed E-state index contributed by atoms with van der Waals surface area (Å²) < 4.78 is 2.15. The van der Waals surface area contributed by atoms with E-state index in [1.165, 1.54) is 17.5 Å². The van der Waals surface area contributed by atoms with Gasteiger partial charge in [0.15, 0.2) is 0 Å². The highest BCUT2D eigenvalue weighted by molar-refractivity contribution is 9.10. The summed E-state index contributed by atoms with van der Waals surface area (Å²) in [4.78, 5) is 14.6. The average Bonchev–Trinajstić information content (AvgIpc) is 2.79. The van der Waals surface area contributed by atoms with E-state index >= 15 is 0 Å². The quantitative estimate of drug-likeness (QED) is 0.904. The van der Waals surface area contributed by atoms with Crippen LogP contribution in [0.4, 0.5) is 5.69 Å². The van der Waals surface area contributed by atoms with Gasteiger partial charge in [-0.15, -0.1) is 0 Å². The number of rotatable bonds is 3. The molecule has 0 amide bonds. The lowest BCUT2D eigenvalue weighted by Gasteiger charge is -2.37. The Kier molecular flexibility index (Phi) is 4.10. The normalized spacial score (nSPS) is 28.1. The molecule has 2 bridgehead atoms. The van der Waals surface area contributed by atoms with Gasteiger partial charge in [-0.05, 0) is 55.5 Å². The zero-order valence-corrected chi connectivity index (χ0v) is 14.4. The van der Waals surface area contributed by atoms with Gasteiger partial charge in [0.1, 0.15) is 4.47 Å². The summed E-state index contributed by atoms with van der Waals surface area (Å²) in [7, 11) is 2.08. The Morgan fingerprint density at radius 1 is 1.38 bits per heavy atom. The van der Waals surface area contributed by atoms with E-state index in [0.717, 1.165) is 18.5 Å². The predicted molar refractivity (Wildman–Crippen MR) is 88.0 cm³/mol. The number of hydrogen-bond donors (Lipinski definition) is 1. The second kappa shape index (κ2) is 5.72. The summed E-state index contributed by atoms with van der Waals surface area (Å²) in [6.45, 7) is 3.93. The largest absolute Gasteiger partial charge is 0.369 e. The molecule has 1 N–H and O–H groups in total. The molecule has 2 atom stereocenters. The Balaban J connectivity index is 1.86. The second-order valence-corrected chi connectivity index (χ2v) is 7.35. The summed E-state index contributed by atoms with van der Waals surface area (Å²) in [5.74, 6) is 0. The van der Waals surface area contributed by atoms with Crippen LogP contribution in [-0.4, -0.2) is 35.0 Å². The number of anilines is 1. The van der Waals surface area contributed by atoms with E-state index in [0.29, 0.717) is 22.6 Å². The van der Waals surface area contributed by atoms with Crippen LogP contribution in [0.5, 0.6) is 0 Å². The Morgan fingerprint density at radius 3 is 2.57 bits per heavy atom. The Morgan fingerprint density at radius 2 is 2.00 bits per heavy atom. The molecule has 3 rings (SSSR count). The molecule has 0 aliphatic carbocycles. The number of nitrogens with zero attached hydrogens (tertiary/aromatic N) is 3. The van der Waals surface area contributed by atoms with Crippen molar-refractivity contribution < 1.29 is 0 Å². The maximum atomic E-state index is 12.4. The Bertz CT molecular complexity index is 574. The van der Waals surface area contributed by atoms with Crippen molar-refractivity contribution in [3.8, 4) is 0 Å². The van der Waals surface area contributed by atoms with Gasteiger partial charge < -0.3 is 10.2 Å². The molecule has 21 heavy (non-hydrogen) atoms. The van der Waals surface area contributed by atoms with Crippen molar-refractivity contribution >= 4 is 21.6 Å². The van der Waals surface area contributed by atoms with Crippen LogP contribution in [0.3, 0.4) is 0 Å². The molecular weight excluding hydrogens is 332 g/mol. The SMILES string of the molecule is CC(C)n1ncc(N(C)C2CC3CCC(C2)N3)c(Br)c1=O. The van der Waals surface area contributed by atoms with Crippen molar-refractivity contribution in [1.29, 1.82) is 0 Å². The lowest BCUT2D eigenvalue weighted by atomic mass is 9.98. The number of fused-ring (bicyclic) bond motifs is 2. The lowest BCUT2D eigenvalue weighted by molar-refractivity contribution is 0.354. The molecule has 0 aromatic carbocycles. The fourth-order valence-electron chi connectivity index (χ4n) is 3.59. The summed E-state index contributed by atoms with van der Waals surface area (Å²) in [6, 6.07) is 1.83. The Hall–Kier alpha value is -0.880. The van der Waals surface area contributed by atoms with Crippen molar-refractivity contribution in [1.82, 2.24) is 15.1 Å². The molecule has 2 fully saturated rings. The second-order valence-electron chi connectivity index (χ2n) is 6.56. The third-order valence-electron chi connectivity index (χ3n) is 4.79. The first-order valence-electron chi connectivity index (χ1n) is 7.73. The predicted octanol–water partition coefficient (Wildman–Crippen LogP) is 2.31. The van der Waals surface area contributed by atoms with Crippen molar-refractivity contribution in [2.24, 2.45) is 0 Å². The molecule has 2 saturated heterocycles. The molecule has 2 aliphatic heterocycles. The zero-order chi connectivity index (χ0) is 15.1. The molecule has 3 heterocycles. The van der Waals surface area contributed by atoms with Gasteiger partial charge in [0.2, 0.25) is 0 Å². The molecule has 2 unspecified atom stereocenters. The van der Waals surface area contributed by atoms with Crippen molar-refractivity contribution in [2.45, 2.75) is 63.7 Å². The fourth-order valence-corrected chi connectivity index (χ4v) is 4.15. The first-order chi connectivity index (χ1) is 9.97. The van der Waals surface area contributed by atoms with E-state index in [9.17, 15) is 4.79 Å². The van der Waals surface area contributed by atoms with Crippen LogP contribution in [0.25, 0.3) is 0 Å². The van der Waals surface area contributed by atoms with Gasteiger partial charge in [-0.2, -0.15) is 5.10 Å². The van der Waals surface area contributed by atoms with Gasteiger partial charge in [-0.3, -0.25) is 4.79 Å². The van der Waals surface area contributed by atoms with E-state index in [1.54, 1.807) is 0 Å². The molecule has 0 spiro atoms. The maximum Gasteiger partial charge on any atom is 0.283 e. The van der Waals surface area contributed by atoms with E-state index in [4.69, 9.17) is 0 Å². The number of hydrogen-bond acceptors (Lipinski definition) is 4. The van der Waals surface area contributed by atoms with E-state index in [1.807, 2.05) is 20.0 Å². The highest BCUT2D eigenvalue weighted by Gasteiger charge is 2.35. The standard InChI is InChI=1S/C15H23BrN4O/c1-9(2)20-15(21)14(16)13(8-17-20)19(3)12-6-10-4-5-11(7-12)18-10/h8-12,18H,4-7H2,1-3H3. The van der Waals surface area contributed by atoms with E-state index in [2.05, 4.69) is 38.3 Å². The van der Waals surface area contributed by atoms with Crippen LogP contribution < -0.4 is 15.8 Å². The van der Waals surface area contributed by atoms with Crippen molar-refractivity contribution in [2.75, 3.05) is 11.9 Å². The number of piperidine rings is 1. The zero-order valence-electron chi connectivity index (χ0n) is 12.8. The van der Waals surface area contributed by atoms with E-state index < -0.39 is 0 Å². The molecular formula is C15H23BrN4O. The van der Waals surface area contributed by atoms with Crippen molar-refractivity contribution in [3.05, 3.63) is 21.0 Å². The fraction of sp³-hybridized carbons (Fsp3) is 0.733. The number of halogens is 1. The van der Waals surface area contributed by atoms with Crippen molar-refractivity contribution in [3.63, 3.8) is 0 Å². The third-order valence-corrected chi connectivity index (χ3v) is 5.54. The smallest absolute Gasteiger partial charge is 0.283 e. The molecule has 0 radical (unpaired) electrons. The minimum Gasteiger partial charge on any atom is -0.369 e. The first-order valence-corrected chi connectivity index (χ1v) is 8.53. The summed E-state index contributed by atoms with van der Waals surface area (Å²) >= 11 is 3.48. The lowest BCUT2D eigenvalue weighted by Crippen LogP contribution is -2.47. The molecule has 116 valence electrons. The van der Waals surface area contributed by atoms with Crippen LogP contribution in [0, 0.1) is 0 Å². The molecule has 1 aromatic heterocycles. The van der Waals surface area contributed by atoms with Gasteiger partial charge in [-0.1, -0.05) is 0 Å². The number of aromatic nitrogens is 2. The number of nitrogens with one attached hydrogen (secondary N) is 1. The first kappa shape index (κ1) is 15.0. The third kappa shape index (κ3) is 2.75. The summed E-state index contributed by atoms with van der Waals surface area (Å²) in [5, 5.41) is 7.98. The highest BCUT2D eigenvalue weighted by Crippen LogP contribution is 2.32. The maximum absolute atomic E-state index is 12.4. The summed E-state index contributed by atoms with van der Waals surface area (Å²) in [6.07, 6.45) is 6.67. The van der Waals surface area contributed by atoms with E-state index in [-0.39, 0.29) is 11.6 Å². The topological polar surface area (TPSA) is 50.2 Å².